The number of rotatable bonds is 7. The Bertz CT molecular complexity index is 1540. The van der Waals surface area contributed by atoms with E-state index in [9.17, 15) is 9.59 Å². The first kappa shape index (κ1) is 25.7. The summed E-state index contributed by atoms with van der Waals surface area (Å²) in [5.41, 5.74) is 1.90. The van der Waals surface area contributed by atoms with E-state index < -0.39 is 12.0 Å². The average molecular weight is 573 g/mol. The third-order valence-electron chi connectivity index (χ3n) is 5.72. The maximum atomic E-state index is 13.8. The molecule has 0 amide bonds. The van der Waals surface area contributed by atoms with Crippen LogP contribution in [0, 0.1) is 0 Å². The number of hydrogen-bond acceptors (Lipinski definition) is 8. The molecule has 0 spiro atoms. The van der Waals surface area contributed by atoms with E-state index in [1.165, 1.54) is 23.0 Å². The molecule has 10 heteroatoms. The van der Waals surface area contributed by atoms with Gasteiger partial charge in [-0.1, -0.05) is 33.3 Å². The number of allylic oxidation sites excluding steroid dienone is 1. The fourth-order valence-electron chi connectivity index (χ4n) is 4.09. The van der Waals surface area contributed by atoms with Crippen LogP contribution in [0.3, 0.4) is 0 Å². The van der Waals surface area contributed by atoms with Crippen molar-refractivity contribution in [2.75, 3.05) is 27.9 Å². The molecular formula is C26H25BrN2O6S. The minimum atomic E-state index is -0.758. The predicted molar refractivity (Wildman–Crippen MR) is 141 cm³/mol. The first-order valence-corrected chi connectivity index (χ1v) is 12.7. The first-order valence-electron chi connectivity index (χ1n) is 11.1. The highest BCUT2D eigenvalue weighted by molar-refractivity contribution is 9.10. The van der Waals surface area contributed by atoms with Crippen LogP contribution in [0.25, 0.3) is 6.08 Å². The van der Waals surface area contributed by atoms with E-state index >= 15 is 0 Å². The zero-order valence-corrected chi connectivity index (χ0v) is 22.9. The quantitative estimate of drug-likeness (QED) is 0.402. The van der Waals surface area contributed by atoms with Crippen molar-refractivity contribution in [2.45, 2.75) is 19.9 Å². The van der Waals surface area contributed by atoms with Crippen LogP contribution in [-0.4, -0.2) is 38.5 Å². The lowest BCUT2D eigenvalue weighted by molar-refractivity contribution is -0.139. The van der Waals surface area contributed by atoms with E-state index in [1.807, 2.05) is 18.2 Å². The molecule has 1 unspecified atom stereocenters. The number of fused-ring (bicyclic) bond motifs is 1. The SMILES string of the molecule is CCOC(=O)C1=C(C)N=c2s/c(=C/c3cc(Br)ccc3OC)c(=O)n2C1c1ccc(OC)c(OC)c1. The Morgan fingerprint density at radius 3 is 2.44 bits per heavy atom. The number of hydrogen-bond donors (Lipinski definition) is 0. The molecule has 4 rings (SSSR count). The maximum Gasteiger partial charge on any atom is 0.338 e. The van der Waals surface area contributed by atoms with Gasteiger partial charge in [0, 0.05) is 10.0 Å². The summed E-state index contributed by atoms with van der Waals surface area (Å²) in [6.45, 7) is 3.68. The molecule has 0 aliphatic carbocycles. The minimum Gasteiger partial charge on any atom is -0.496 e. The van der Waals surface area contributed by atoms with Crippen LogP contribution < -0.4 is 29.1 Å². The second-order valence-electron chi connectivity index (χ2n) is 7.80. The Morgan fingerprint density at radius 2 is 1.78 bits per heavy atom. The second-order valence-corrected chi connectivity index (χ2v) is 9.73. The van der Waals surface area contributed by atoms with Crippen LogP contribution in [0.15, 0.2) is 61.9 Å². The number of ether oxygens (including phenoxy) is 4. The fraction of sp³-hybridized carbons (Fsp3) is 0.269. The van der Waals surface area contributed by atoms with E-state index in [4.69, 9.17) is 18.9 Å². The molecule has 0 fully saturated rings. The zero-order chi connectivity index (χ0) is 26.0. The van der Waals surface area contributed by atoms with Gasteiger partial charge in [-0.05, 0) is 55.8 Å². The topological polar surface area (TPSA) is 88.4 Å². The van der Waals surface area contributed by atoms with Crippen molar-refractivity contribution >= 4 is 39.3 Å². The standard InChI is InChI=1S/C26H25BrN2O6S/c1-6-35-25(31)22-14(2)28-26-29(23(22)15-7-9-19(33-4)20(12-15)34-5)24(30)21(36-26)13-16-11-17(27)8-10-18(16)32-3/h7-13,23H,6H2,1-5H3/b21-13+. The molecule has 8 nitrogen and oxygen atoms in total. The largest absolute Gasteiger partial charge is 0.496 e. The van der Waals surface area contributed by atoms with Crippen molar-refractivity contribution in [1.29, 1.82) is 0 Å². The molecule has 2 aromatic carbocycles. The van der Waals surface area contributed by atoms with Crippen LogP contribution in [0.5, 0.6) is 17.2 Å². The average Bonchev–Trinajstić information content (AvgIpc) is 3.17. The second kappa shape index (κ2) is 10.7. The summed E-state index contributed by atoms with van der Waals surface area (Å²) >= 11 is 4.72. The normalized spacial score (nSPS) is 15.3. The summed E-state index contributed by atoms with van der Waals surface area (Å²) in [5, 5.41) is 0. The van der Waals surface area contributed by atoms with Gasteiger partial charge in [-0.2, -0.15) is 0 Å². The molecule has 2 heterocycles. The fourth-order valence-corrected chi connectivity index (χ4v) is 5.51. The molecule has 3 aromatic rings. The molecule has 1 aliphatic heterocycles. The van der Waals surface area contributed by atoms with Gasteiger partial charge >= 0.3 is 5.97 Å². The Labute approximate surface area is 220 Å². The first-order chi connectivity index (χ1) is 17.3. The number of aromatic nitrogens is 1. The van der Waals surface area contributed by atoms with Gasteiger partial charge in [0.1, 0.15) is 5.75 Å². The van der Waals surface area contributed by atoms with Crippen molar-refractivity contribution in [2.24, 2.45) is 4.99 Å². The zero-order valence-electron chi connectivity index (χ0n) is 20.5. The van der Waals surface area contributed by atoms with Gasteiger partial charge in [0.25, 0.3) is 5.56 Å². The summed E-state index contributed by atoms with van der Waals surface area (Å²) in [6, 6.07) is 10.1. The number of thiazole rings is 1. The van der Waals surface area contributed by atoms with E-state index in [0.717, 1.165) is 10.0 Å². The molecule has 1 aromatic heterocycles. The molecule has 36 heavy (non-hydrogen) atoms. The number of methoxy groups -OCH3 is 3. The number of benzene rings is 2. The highest BCUT2D eigenvalue weighted by Crippen LogP contribution is 2.36. The summed E-state index contributed by atoms with van der Waals surface area (Å²) in [5.74, 6) is 1.12. The third-order valence-corrected chi connectivity index (χ3v) is 7.19. The highest BCUT2D eigenvalue weighted by atomic mass is 79.9. The molecular weight excluding hydrogens is 548 g/mol. The monoisotopic (exact) mass is 572 g/mol. The summed E-state index contributed by atoms with van der Waals surface area (Å²) < 4.78 is 24.5. The number of halogens is 1. The number of nitrogens with zero attached hydrogens (tertiary/aromatic N) is 2. The molecule has 0 radical (unpaired) electrons. The maximum absolute atomic E-state index is 13.8. The smallest absolute Gasteiger partial charge is 0.338 e. The van der Waals surface area contributed by atoms with Crippen molar-refractivity contribution < 1.29 is 23.7 Å². The van der Waals surface area contributed by atoms with Crippen molar-refractivity contribution in [1.82, 2.24) is 4.57 Å². The van der Waals surface area contributed by atoms with Gasteiger partial charge in [-0.3, -0.25) is 9.36 Å². The van der Waals surface area contributed by atoms with E-state index in [0.29, 0.717) is 43.4 Å². The molecule has 1 atom stereocenters. The number of carbonyl (C=O) groups excluding carboxylic acids is 1. The molecule has 188 valence electrons. The Kier molecular flexibility index (Phi) is 7.65. The summed E-state index contributed by atoms with van der Waals surface area (Å²) in [4.78, 5) is 32.0. The molecule has 1 aliphatic rings. The van der Waals surface area contributed by atoms with Crippen LogP contribution >= 0.6 is 27.3 Å². The van der Waals surface area contributed by atoms with Crippen LogP contribution in [-0.2, 0) is 9.53 Å². The van der Waals surface area contributed by atoms with Crippen molar-refractivity contribution in [3.05, 3.63) is 83.0 Å². The number of esters is 1. The van der Waals surface area contributed by atoms with E-state index in [1.54, 1.807) is 52.3 Å². The molecule has 0 saturated carbocycles. The number of carbonyl (C=O) groups is 1. The van der Waals surface area contributed by atoms with Crippen LogP contribution in [0.4, 0.5) is 0 Å². The predicted octanol–water partition coefficient (Wildman–Crippen LogP) is 3.59. The lowest BCUT2D eigenvalue weighted by Crippen LogP contribution is -2.40. The van der Waals surface area contributed by atoms with E-state index in [-0.39, 0.29) is 12.2 Å². The highest BCUT2D eigenvalue weighted by Gasteiger charge is 2.34. The van der Waals surface area contributed by atoms with Gasteiger partial charge in [-0.25, -0.2) is 9.79 Å². The molecule has 0 saturated heterocycles. The molecule has 0 bridgehead atoms. The van der Waals surface area contributed by atoms with Crippen molar-refractivity contribution in [3.63, 3.8) is 0 Å². The Hall–Kier alpha value is -3.37. The van der Waals surface area contributed by atoms with Gasteiger partial charge in [0.2, 0.25) is 0 Å². The third kappa shape index (κ3) is 4.70. The Balaban J connectivity index is 1.99. The van der Waals surface area contributed by atoms with Crippen molar-refractivity contribution in [3.8, 4) is 17.2 Å². The molecule has 0 N–H and O–H groups in total. The van der Waals surface area contributed by atoms with Crippen LogP contribution in [0.1, 0.15) is 31.0 Å². The lowest BCUT2D eigenvalue weighted by atomic mass is 9.95. The Morgan fingerprint density at radius 1 is 1.08 bits per heavy atom. The van der Waals surface area contributed by atoms with Gasteiger partial charge in [-0.15, -0.1) is 0 Å². The van der Waals surface area contributed by atoms with E-state index in [2.05, 4.69) is 20.9 Å². The minimum absolute atomic E-state index is 0.196. The lowest BCUT2D eigenvalue weighted by Gasteiger charge is -2.25. The summed E-state index contributed by atoms with van der Waals surface area (Å²) in [6.07, 6.45) is 1.77. The van der Waals surface area contributed by atoms with Gasteiger partial charge < -0.3 is 18.9 Å². The summed E-state index contributed by atoms with van der Waals surface area (Å²) in [7, 11) is 4.66. The van der Waals surface area contributed by atoms with Gasteiger partial charge in [0.05, 0.1) is 49.8 Å². The van der Waals surface area contributed by atoms with Crippen LogP contribution in [0.2, 0.25) is 0 Å². The van der Waals surface area contributed by atoms with Gasteiger partial charge in [0.15, 0.2) is 16.3 Å².